The number of benzene rings is 2. The van der Waals surface area contributed by atoms with E-state index in [-0.39, 0.29) is 18.2 Å². The molecule has 1 atom stereocenters. The second-order valence-corrected chi connectivity index (χ2v) is 7.19. The van der Waals surface area contributed by atoms with Gasteiger partial charge < -0.3 is 4.74 Å². The predicted octanol–water partition coefficient (Wildman–Crippen LogP) is 3.06. The lowest BCUT2D eigenvalue weighted by atomic mass is 10.0. The molecule has 6 heteroatoms. The SMILES string of the molecule is COc1ccccc1[C@H](C)CNS(=O)(=O)Cc1cccc(F)c1. The maximum atomic E-state index is 13.1. The first-order valence-corrected chi connectivity index (χ1v) is 8.91. The Morgan fingerprint density at radius 1 is 1.17 bits per heavy atom. The second-order valence-electron chi connectivity index (χ2n) is 5.38. The molecule has 2 aromatic rings. The third-order valence-electron chi connectivity index (χ3n) is 3.52. The fourth-order valence-corrected chi connectivity index (χ4v) is 3.56. The largest absolute Gasteiger partial charge is 0.496 e. The number of rotatable bonds is 7. The molecule has 2 aromatic carbocycles. The topological polar surface area (TPSA) is 55.4 Å². The highest BCUT2D eigenvalue weighted by Gasteiger charge is 2.16. The van der Waals surface area contributed by atoms with Gasteiger partial charge in [-0.2, -0.15) is 0 Å². The van der Waals surface area contributed by atoms with Crippen LogP contribution in [-0.4, -0.2) is 22.1 Å². The smallest absolute Gasteiger partial charge is 0.215 e. The zero-order valence-electron chi connectivity index (χ0n) is 13.1. The molecule has 1 N–H and O–H groups in total. The highest BCUT2D eigenvalue weighted by atomic mass is 32.2. The summed E-state index contributed by atoms with van der Waals surface area (Å²) >= 11 is 0. The molecule has 0 aliphatic rings. The summed E-state index contributed by atoms with van der Waals surface area (Å²) in [6.45, 7) is 2.17. The summed E-state index contributed by atoms with van der Waals surface area (Å²) in [5.41, 5.74) is 1.35. The standard InChI is InChI=1S/C17H20FNO3S/c1-13(16-8-3-4-9-17(16)22-2)11-19-23(20,21)12-14-6-5-7-15(18)10-14/h3-10,13,19H,11-12H2,1-2H3/t13-/m1/s1. The minimum atomic E-state index is -3.53. The van der Waals surface area contributed by atoms with Gasteiger partial charge >= 0.3 is 0 Å². The molecule has 2 rings (SSSR count). The second kappa shape index (κ2) is 7.57. The average Bonchev–Trinajstić information content (AvgIpc) is 2.52. The number of para-hydroxylation sites is 1. The molecule has 0 bridgehead atoms. The zero-order valence-corrected chi connectivity index (χ0v) is 13.9. The van der Waals surface area contributed by atoms with Crippen LogP contribution in [0.25, 0.3) is 0 Å². The molecule has 23 heavy (non-hydrogen) atoms. The van der Waals surface area contributed by atoms with Gasteiger partial charge in [-0.25, -0.2) is 17.5 Å². The normalized spacial score (nSPS) is 12.8. The Hall–Kier alpha value is -1.92. The van der Waals surface area contributed by atoms with Crippen molar-refractivity contribution < 1.29 is 17.5 Å². The van der Waals surface area contributed by atoms with Gasteiger partial charge in [-0.3, -0.25) is 0 Å². The minimum absolute atomic E-state index is 0.0477. The van der Waals surface area contributed by atoms with Gasteiger partial charge in [-0.15, -0.1) is 0 Å². The number of ether oxygens (including phenoxy) is 1. The zero-order chi connectivity index (χ0) is 16.9. The first-order chi connectivity index (χ1) is 10.9. The van der Waals surface area contributed by atoms with Crippen LogP contribution in [0.3, 0.4) is 0 Å². The molecule has 0 radical (unpaired) electrons. The molecular formula is C17H20FNO3S. The van der Waals surface area contributed by atoms with E-state index >= 15 is 0 Å². The van der Waals surface area contributed by atoms with E-state index in [0.717, 1.165) is 11.3 Å². The molecule has 0 spiro atoms. The first-order valence-electron chi connectivity index (χ1n) is 7.26. The Balaban J connectivity index is 2.01. The van der Waals surface area contributed by atoms with Gasteiger partial charge in [-0.05, 0) is 35.2 Å². The Morgan fingerprint density at radius 3 is 2.61 bits per heavy atom. The lowest BCUT2D eigenvalue weighted by Gasteiger charge is -2.16. The highest BCUT2D eigenvalue weighted by Crippen LogP contribution is 2.25. The van der Waals surface area contributed by atoms with E-state index in [9.17, 15) is 12.8 Å². The molecular weight excluding hydrogens is 317 g/mol. The fourth-order valence-electron chi connectivity index (χ4n) is 2.33. The minimum Gasteiger partial charge on any atom is -0.496 e. The Morgan fingerprint density at radius 2 is 1.91 bits per heavy atom. The molecule has 0 aliphatic heterocycles. The van der Waals surface area contributed by atoms with Crippen molar-refractivity contribution in [2.75, 3.05) is 13.7 Å². The van der Waals surface area contributed by atoms with Gasteiger partial charge in [0.1, 0.15) is 11.6 Å². The Bertz CT molecular complexity index is 762. The van der Waals surface area contributed by atoms with Gasteiger partial charge in [0, 0.05) is 6.54 Å². The summed E-state index contributed by atoms with van der Waals surface area (Å²) in [5.74, 6) is -0.0125. The molecule has 0 unspecified atom stereocenters. The van der Waals surface area contributed by atoms with Crippen molar-refractivity contribution >= 4 is 10.0 Å². The van der Waals surface area contributed by atoms with Crippen LogP contribution in [0.2, 0.25) is 0 Å². The van der Waals surface area contributed by atoms with Crippen molar-refractivity contribution in [1.82, 2.24) is 4.72 Å². The number of sulfonamides is 1. The van der Waals surface area contributed by atoms with Crippen LogP contribution in [0, 0.1) is 5.82 Å². The van der Waals surface area contributed by atoms with E-state index in [4.69, 9.17) is 4.74 Å². The molecule has 0 aliphatic carbocycles. The molecule has 0 amide bonds. The molecule has 4 nitrogen and oxygen atoms in total. The van der Waals surface area contributed by atoms with Crippen LogP contribution in [0.15, 0.2) is 48.5 Å². The maximum absolute atomic E-state index is 13.1. The van der Waals surface area contributed by atoms with E-state index in [0.29, 0.717) is 5.56 Å². The Labute approximate surface area is 136 Å². The molecule has 124 valence electrons. The monoisotopic (exact) mass is 337 g/mol. The number of hydrogen-bond acceptors (Lipinski definition) is 3. The quantitative estimate of drug-likeness (QED) is 0.845. The Kier molecular flexibility index (Phi) is 5.74. The fraction of sp³-hybridized carbons (Fsp3) is 0.294. The van der Waals surface area contributed by atoms with Crippen LogP contribution < -0.4 is 9.46 Å². The summed E-state index contributed by atoms with van der Waals surface area (Å²) in [5, 5.41) is 0. The van der Waals surface area contributed by atoms with Crippen molar-refractivity contribution in [2.45, 2.75) is 18.6 Å². The van der Waals surface area contributed by atoms with Gasteiger partial charge in [-0.1, -0.05) is 37.3 Å². The van der Waals surface area contributed by atoms with E-state index in [1.807, 2.05) is 31.2 Å². The average molecular weight is 337 g/mol. The van der Waals surface area contributed by atoms with Crippen LogP contribution in [-0.2, 0) is 15.8 Å². The maximum Gasteiger partial charge on any atom is 0.215 e. The highest BCUT2D eigenvalue weighted by molar-refractivity contribution is 7.88. The number of nitrogens with one attached hydrogen (secondary N) is 1. The third-order valence-corrected chi connectivity index (χ3v) is 4.84. The van der Waals surface area contributed by atoms with Gasteiger partial charge in [0.2, 0.25) is 10.0 Å². The van der Waals surface area contributed by atoms with Gasteiger partial charge in [0.05, 0.1) is 12.9 Å². The summed E-state index contributed by atoms with van der Waals surface area (Å²) in [6.07, 6.45) is 0. The summed E-state index contributed by atoms with van der Waals surface area (Å²) in [7, 11) is -1.95. The lowest BCUT2D eigenvalue weighted by molar-refractivity contribution is 0.406. The molecule has 0 aromatic heterocycles. The predicted molar refractivity (Wildman–Crippen MR) is 88.4 cm³/mol. The number of halogens is 1. The van der Waals surface area contributed by atoms with Gasteiger partial charge in [0.15, 0.2) is 0 Å². The van der Waals surface area contributed by atoms with Crippen molar-refractivity contribution in [3.05, 3.63) is 65.5 Å². The van der Waals surface area contributed by atoms with Gasteiger partial charge in [0.25, 0.3) is 0 Å². The van der Waals surface area contributed by atoms with E-state index in [2.05, 4.69) is 4.72 Å². The third kappa shape index (κ3) is 5.04. The van der Waals surface area contributed by atoms with Crippen LogP contribution in [0.4, 0.5) is 4.39 Å². The first kappa shape index (κ1) is 17.4. The summed E-state index contributed by atoms with van der Waals surface area (Å²) in [6, 6.07) is 13.1. The van der Waals surface area contributed by atoms with E-state index < -0.39 is 15.8 Å². The molecule has 0 saturated heterocycles. The number of methoxy groups -OCH3 is 1. The molecule has 0 saturated carbocycles. The van der Waals surface area contributed by atoms with Crippen molar-refractivity contribution in [3.63, 3.8) is 0 Å². The number of hydrogen-bond donors (Lipinski definition) is 1. The summed E-state index contributed by atoms with van der Waals surface area (Å²) < 4.78 is 45.3. The van der Waals surface area contributed by atoms with Crippen molar-refractivity contribution in [2.24, 2.45) is 0 Å². The van der Waals surface area contributed by atoms with Crippen LogP contribution in [0.5, 0.6) is 5.75 Å². The van der Waals surface area contributed by atoms with Crippen molar-refractivity contribution in [3.8, 4) is 5.75 Å². The van der Waals surface area contributed by atoms with E-state index in [1.165, 1.54) is 18.2 Å². The van der Waals surface area contributed by atoms with E-state index in [1.54, 1.807) is 13.2 Å². The van der Waals surface area contributed by atoms with Crippen LogP contribution in [0.1, 0.15) is 24.0 Å². The molecule has 0 fully saturated rings. The lowest BCUT2D eigenvalue weighted by Crippen LogP contribution is -2.29. The molecule has 0 heterocycles. The van der Waals surface area contributed by atoms with Crippen molar-refractivity contribution in [1.29, 1.82) is 0 Å². The summed E-state index contributed by atoms with van der Waals surface area (Å²) in [4.78, 5) is 0. The van der Waals surface area contributed by atoms with Crippen LogP contribution >= 0.6 is 0 Å².